The number of carboxylic acid groups (broad SMARTS) is 1. The fraction of sp³-hybridized carbons (Fsp3) is 0.714. The molecule has 0 fully saturated rings. The van der Waals surface area contributed by atoms with Crippen LogP contribution in [0.3, 0.4) is 0 Å². The van der Waals surface area contributed by atoms with Crippen molar-refractivity contribution in [3.05, 3.63) is 48.6 Å². The summed E-state index contributed by atoms with van der Waals surface area (Å²) in [5.41, 5.74) is 0. The van der Waals surface area contributed by atoms with Crippen LogP contribution in [-0.4, -0.2) is 23.1 Å². The predicted molar refractivity (Wildman–Crippen MR) is 167 cm³/mol. The van der Waals surface area contributed by atoms with Gasteiger partial charge in [-0.15, -0.1) is 0 Å². The maximum atomic E-state index is 12.4. The number of carbonyl (C=O) groups is 2. The molecule has 1 unspecified atom stereocenters. The number of aliphatic carboxylic acids is 1. The van der Waals surface area contributed by atoms with E-state index in [4.69, 9.17) is 9.84 Å². The van der Waals surface area contributed by atoms with Crippen molar-refractivity contribution >= 4 is 11.9 Å². The van der Waals surface area contributed by atoms with E-state index in [1.807, 2.05) is 0 Å². The summed E-state index contributed by atoms with van der Waals surface area (Å²) in [5, 5.41) is 8.88. The highest BCUT2D eigenvalue weighted by Crippen LogP contribution is 2.17. The summed E-state index contributed by atoms with van der Waals surface area (Å²) in [5.74, 6) is -0.852. The van der Waals surface area contributed by atoms with Gasteiger partial charge >= 0.3 is 11.9 Å². The second kappa shape index (κ2) is 30.4. The third kappa shape index (κ3) is 30.3. The van der Waals surface area contributed by atoms with Crippen LogP contribution < -0.4 is 0 Å². The SMILES string of the molecule is CC/C=C\C/C=C\C/C=C\C/C=C\CCCCC(=O)OC(CCCCCCCCCCC)CCCCC(=O)O. The minimum atomic E-state index is -0.754. The largest absolute Gasteiger partial charge is 0.481 e. The number of ether oxygens (including phenoxy) is 1. The molecule has 1 atom stereocenters. The van der Waals surface area contributed by atoms with Crippen molar-refractivity contribution in [3.63, 3.8) is 0 Å². The summed E-state index contributed by atoms with van der Waals surface area (Å²) in [6, 6.07) is 0. The van der Waals surface area contributed by atoms with Crippen LogP contribution in [0.15, 0.2) is 48.6 Å². The molecule has 39 heavy (non-hydrogen) atoms. The normalized spacial score (nSPS) is 12.9. The van der Waals surface area contributed by atoms with Crippen molar-refractivity contribution in [1.82, 2.24) is 0 Å². The summed E-state index contributed by atoms with van der Waals surface area (Å²) in [4.78, 5) is 23.2. The first-order valence-corrected chi connectivity index (χ1v) is 16.1. The van der Waals surface area contributed by atoms with Crippen LogP contribution >= 0.6 is 0 Å². The zero-order chi connectivity index (χ0) is 28.7. The fourth-order valence-electron chi connectivity index (χ4n) is 4.47. The Bertz CT molecular complexity index is 674. The van der Waals surface area contributed by atoms with Crippen molar-refractivity contribution in [2.75, 3.05) is 0 Å². The van der Waals surface area contributed by atoms with Crippen LogP contribution in [0.25, 0.3) is 0 Å². The first-order valence-electron chi connectivity index (χ1n) is 16.1. The minimum absolute atomic E-state index is 0.0646. The van der Waals surface area contributed by atoms with Crippen LogP contribution in [-0.2, 0) is 14.3 Å². The fourth-order valence-corrected chi connectivity index (χ4v) is 4.47. The van der Waals surface area contributed by atoms with E-state index in [9.17, 15) is 9.59 Å². The van der Waals surface area contributed by atoms with Gasteiger partial charge in [0.2, 0.25) is 0 Å². The van der Waals surface area contributed by atoms with Gasteiger partial charge in [0.25, 0.3) is 0 Å². The van der Waals surface area contributed by atoms with Crippen LogP contribution in [0.1, 0.15) is 155 Å². The molecule has 0 spiro atoms. The molecular weight excluding hydrogens is 484 g/mol. The van der Waals surface area contributed by atoms with E-state index in [0.29, 0.717) is 12.8 Å². The Labute approximate surface area is 241 Å². The maximum absolute atomic E-state index is 12.4. The number of carbonyl (C=O) groups excluding carboxylic acids is 1. The summed E-state index contributed by atoms with van der Waals surface area (Å²) in [6.45, 7) is 4.40. The highest BCUT2D eigenvalue weighted by Gasteiger charge is 2.14. The monoisotopic (exact) mass is 544 g/mol. The van der Waals surface area contributed by atoms with Crippen molar-refractivity contribution in [3.8, 4) is 0 Å². The Morgan fingerprint density at radius 1 is 0.590 bits per heavy atom. The van der Waals surface area contributed by atoms with Gasteiger partial charge in [0.05, 0.1) is 0 Å². The zero-order valence-corrected chi connectivity index (χ0v) is 25.4. The highest BCUT2D eigenvalue weighted by atomic mass is 16.5. The Balaban J connectivity index is 4.04. The van der Waals surface area contributed by atoms with Crippen LogP contribution in [0.2, 0.25) is 0 Å². The molecule has 0 aromatic rings. The predicted octanol–water partition coefficient (Wildman–Crippen LogP) is 10.8. The molecule has 0 aliphatic heterocycles. The molecule has 0 saturated heterocycles. The number of unbranched alkanes of at least 4 members (excludes halogenated alkanes) is 11. The molecule has 224 valence electrons. The van der Waals surface area contributed by atoms with Gasteiger partial charge in [0.15, 0.2) is 0 Å². The van der Waals surface area contributed by atoms with Gasteiger partial charge in [-0.25, -0.2) is 0 Å². The number of rotatable bonds is 28. The third-order valence-electron chi connectivity index (χ3n) is 6.82. The number of hydrogen-bond donors (Lipinski definition) is 1. The molecule has 0 aliphatic rings. The lowest BCUT2D eigenvalue weighted by molar-refractivity contribution is -0.150. The minimum Gasteiger partial charge on any atom is -0.481 e. The molecule has 0 rings (SSSR count). The standard InChI is InChI=1S/C35H60O4/c1-3-5-7-9-11-13-14-15-16-17-18-20-22-24-26-32-35(38)39-33(30-27-28-31-34(36)37)29-25-23-21-19-12-10-8-6-4-2/h5,7,11,13,15-16,18,20,33H,3-4,6,8-10,12,14,17,19,21-32H2,1-2H3,(H,36,37)/b7-5-,13-11-,16-15-,20-18-. The lowest BCUT2D eigenvalue weighted by Crippen LogP contribution is -2.18. The molecule has 0 bridgehead atoms. The Hall–Kier alpha value is -2.10. The van der Waals surface area contributed by atoms with Crippen LogP contribution in [0.5, 0.6) is 0 Å². The average molecular weight is 545 g/mol. The van der Waals surface area contributed by atoms with Crippen molar-refractivity contribution in [2.45, 2.75) is 161 Å². The molecule has 4 heteroatoms. The molecule has 0 aromatic heterocycles. The molecular formula is C35H60O4. The Morgan fingerprint density at radius 2 is 1.08 bits per heavy atom. The summed E-state index contributed by atoms with van der Waals surface area (Å²) >= 11 is 0. The molecule has 0 heterocycles. The van der Waals surface area contributed by atoms with E-state index in [0.717, 1.165) is 70.6 Å². The van der Waals surface area contributed by atoms with Gasteiger partial charge in [0, 0.05) is 12.8 Å². The first kappa shape index (κ1) is 36.9. The smallest absolute Gasteiger partial charge is 0.306 e. The van der Waals surface area contributed by atoms with E-state index in [1.54, 1.807) is 0 Å². The van der Waals surface area contributed by atoms with E-state index in [2.05, 4.69) is 62.5 Å². The molecule has 0 amide bonds. The average Bonchev–Trinajstić information content (AvgIpc) is 2.92. The van der Waals surface area contributed by atoms with Gasteiger partial charge < -0.3 is 9.84 Å². The van der Waals surface area contributed by atoms with Gasteiger partial charge in [0.1, 0.15) is 6.10 Å². The zero-order valence-electron chi connectivity index (χ0n) is 25.4. The Kier molecular flexibility index (Phi) is 28.8. The topological polar surface area (TPSA) is 63.6 Å². The quantitative estimate of drug-likeness (QED) is 0.0604. The first-order chi connectivity index (χ1) is 19.1. The van der Waals surface area contributed by atoms with E-state index >= 15 is 0 Å². The van der Waals surface area contributed by atoms with Crippen molar-refractivity contribution in [1.29, 1.82) is 0 Å². The number of allylic oxidation sites excluding steroid dienone is 8. The van der Waals surface area contributed by atoms with Gasteiger partial charge in [-0.3, -0.25) is 9.59 Å². The highest BCUT2D eigenvalue weighted by molar-refractivity contribution is 5.69. The molecule has 0 aliphatic carbocycles. The van der Waals surface area contributed by atoms with E-state index in [-0.39, 0.29) is 18.5 Å². The third-order valence-corrected chi connectivity index (χ3v) is 6.82. The molecule has 0 aromatic carbocycles. The van der Waals surface area contributed by atoms with Crippen LogP contribution in [0.4, 0.5) is 0 Å². The van der Waals surface area contributed by atoms with Crippen LogP contribution in [0, 0.1) is 0 Å². The number of hydrogen-bond acceptors (Lipinski definition) is 3. The van der Waals surface area contributed by atoms with Gasteiger partial charge in [-0.2, -0.15) is 0 Å². The summed E-state index contributed by atoms with van der Waals surface area (Å²) in [6.07, 6.45) is 39.7. The van der Waals surface area contributed by atoms with E-state index in [1.165, 1.54) is 51.4 Å². The van der Waals surface area contributed by atoms with E-state index < -0.39 is 5.97 Å². The molecule has 0 radical (unpaired) electrons. The molecule has 0 saturated carbocycles. The van der Waals surface area contributed by atoms with Crippen molar-refractivity contribution < 1.29 is 19.4 Å². The second-order valence-corrected chi connectivity index (χ2v) is 10.6. The van der Waals surface area contributed by atoms with Gasteiger partial charge in [-0.1, -0.05) is 114 Å². The lowest BCUT2D eigenvalue weighted by Gasteiger charge is -2.18. The lowest BCUT2D eigenvalue weighted by atomic mass is 10.0. The van der Waals surface area contributed by atoms with Crippen molar-refractivity contribution in [2.24, 2.45) is 0 Å². The van der Waals surface area contributed by atoms with Gasteiger partial charge in [-0.05, 0) is 77.0 Å². The maximum Gasteiger partial charge on any atom is 0.306 e. The number of esters is 1. The number of carboxylic acids is 1. The summed E-state index contributed by atoms with van der Waals surface area (Å²) < 4.78 is 5.83. The Morgan fingerprint density at radius 3 is 1.64 bits per heavy atom. The summed E-state index contributed by atoms with van der Waals surface area (Å²) in [7, 11) is 0. The molecule has 1 N–H and O–H groups in total. The second-order valence-electron chi connectivity index (χ2n) is 10.6. The molecule has 4 nitrogen and oxygen atoms in total.